The zero-order valence-corrected chi connectivity index (χ0v) is 15.6. The number of aryl methyl sites for hydroxylation is 2. The van der Waals surface area contributed by atoms with Gasteiger partial charge in [-0.3, -0.25) is 9.98 Å². The van der Waals surface area contributed by atoms with Gasteiger partial charge >= 0.3 is 0 Å². The van der Waals surface area contributed by atoms with Gasteiger partial charge in [-0.05, 0) is 50.8 Å². The van der Waals surface area contributed by atoms with Gasteiger partial charge in [-0.1, -0.05) is 53.5 Å². The van der Waals surface area contributed by atoms with E-state index in [4.69, 9.17) is 28.2 Å². The Kier molecular flexibility index (Phi) is 4.80. The zero-order chi connectivity index (χ0) is 17.3. The van der Waals surface area contributed by atoms with Gasteiger partial charge in [0.05, 0.1) is 11.3 Å². The van der Waals surface area contributed by atoms with Crippen LogP contribution in [0.5, 0.6) is 0 Å². The molecule has 24 heavy (non-hydrogen) atoms. The van der Waals surface area contributed by atoms with Crippen LogP contribution in [0.1, 0.15) is 41.3 Å². The van der Waals surface area contributed by atoms with Crippen LogP contribution >= 0.6 is 23.2 Å². The summed E-state index contributed by atoms with van der Waals surface area (Å²) in [5.41, 5.74) is 6.47. The quantitative estimate of drug-likeness (QED) is 0.704. The highest BCUT2D eigenvalue weighted by Crippen LogP contribution is 2.33. The molecule has 3 rings (SSSR count). The molecule has 0 spiro atoms. The highest BCUT2D eigenvalue weighted by molar-refractivity contribution is 6.55. The second-order valence-electron chi connectivity index (χ2n) is 6.62. The third-order valence-corrected chi connectivity index (χ3v) is 4.84. The van der Waals surface area contributed by atoms with Crippen LogP contribution in [-0.2, 0) is 6.42 Å². The first kappa shape index (κ1) is 17.2. The van der Waals surface area contributed by atoms with Crippen LogP contribution < -0.4 is 0 Å². The van der Waals surface area contributed by atoms with Gasteiger partial charge in [0.15, 0.2) is 0 Å². The first-order valence-corrected chi connectivity index (χ1v) is 8.76. The summed E-state index contributed by atoms with van der Waals surface area (Å²) in [6, 6.07) is 10.6. The van der Waals surface area contributed by atoms with E-state index in [2.05, 4.69) is 49.2 Å². The van der Waals surface area contributed by atoms with Gasteiger partial charge in [-0.25, -0.2) is 0 Å². The summed E-state index contributed by atoms with van der Waals surface area (Å²) in [4.78, 5) is 9.60. The maximum absolute atomic E-state index is 5.82. The van der Waals surface area contributed by atoms with E-state index in [1.54, 1.807) is 0 Å². The molecule has 1 aromatic carbocycles. The van der Waals surface area contributed by atoms with Crippen molar-refractivity contribution in [3.8, 4) is 0 Å². The topological polar surface area (TPSA) is 25.2 Å². The summed E-state index contributed by atoms with van der Waals surface area (Å²) in [5.74, 6) is 0. The van der Waals surface area contributed by atoms with Crippen molar-refractivity contribution >= 4 is 28.9 Å². The predicted molar refractivity (Wildman–Crippen MR) is 102 cm³/mol. The third kappa shape index (κ3) is 3.55. The van der Waals surface area contributed by atoms with Gasteiger partial charge in [0.1, 0.15) is 4.49 Å². The average molecular weight is 359 g/mol. The lowest BCUT2D eigenvalue weighted by Crippen LogP contribution is -2.32. The number of aromatic nitrogens is 1. The van der Waals surface area contributed by atoms with Crippen LogP contribution in [0.4, 0.5) is 0 Å². The van der Waals surface area contributed by atoms with E-state index in [9.17, 15) is 0 Å². The van der Waals surface area contributed by atoms with Gasteiger partial charge in [0.2, 0.25) is 0 Å². The number of hydrogen-bond donors (Lipinski definition) is 0. The first-order chi connectivity index (χ1) is 11.4. The highest BCUT2D eigenvalue weighted by Gasteiger charge is 2.30. The van der Waals surface area contributed by atoms with Gasteiger partial charge in [0.25, 0.3) is 0 Å². The molecule has 0 N–H and O–H groups in total. The van der Waals surface area contributed by atoms with Crippen molar-refractivity contribution in [2.45, 2.75) is 39.2 Å². The second kappa shape index (κ2) is 6.70. The fourth-order valence-corrected chi connectivity index (χ4v) is 3.25. The zero-order valence-electron chi connectivity index (χ0n) is 14.1. The molecular weight excluding hydrogens is 339 g/mol. The molecular formula is C20H20Cl2N2. The van der Waals surface area contributed by atoms with Gasteiger partial charge in [-0.15, -0.1) is 0 Å². The van der Waals surface area contributed by atoms with Crippen LogP contribution in [0.3, 0.4) is 0 Å². The molecule has 1 aliphatic rings. The summed E-state index contributed by atoms with van der Waals surface area (Å²) in [5, 5.41) is 0. The molecule has 2 nitrogen and oxygen atoms in total. The van der Waals surface area contributed by atoms with Crippen molar-refractivity contribution < 1.29 is 0 Å². The lowest BCUT2D eigenvalue weighted by molar-refractivity contribution is 0.469. The lowest BCUT2D eigenvalue weighted by atomic mass is 9.82. The second-order valence-corrected chi connectivity index (χ2v) is 7.62. The van der Waals surface area contributed by atoms with Crippen molar-refractivity contribution in [2.75, 3.05) is 0 Å². The number of aliphatic imine (C=N–C) groups is 1. The summed E-state index contributed by atoms with van der Waals surface area (Å²) >= 11 is 11.6. The largest absolute Gasteiger partial charge is 0.277 e. The lowest BCUT2D eigenvalue weighted by Gasteiger charge is -2.32. The predicted octanol–water partition coefficient (Wildman–Crippen LogP) is 5.56. The molecule has 0 radical (unpaired) electrons. The molecule has 1 unspecified atom stereocenters. The maximum atomic E-state index is 5.82. The molecule has 0 fully saturated rings. The fraction of sp³-hybridized carbons (Fsp3) is 0.300. The van der Waals surface area contributed by atoms with Crippen molar-refractivity contribution in [1.29, 1.82) is 0 Å². The highest BCUT2D eigenvalue weighted by atomic mass is 35.5. The van der Waals surface area contributed by atoms with Crippen LogP contribution in [-0.4, -0.2) is 16.2 Å². The Labute approximate surface area is 153 Å². The van der Waals surface area contributed by atoms with E-state index >= 15 is 0 Å². The van der Waals surface area contributed by atoms with Crippen LogP contribution in [0.25, 0.3) is 0 Å². The maximum Gasteiger partial charge on any atom is 0.102 e. The number of benzene rings is 1. The monoisotopic (exact) mass is 358 g/mol. The minimum absolute atomic E-state index is 0.266. The Morgan fingerprint density at radius 1 is 1.25 bits per heavy atom. The van der Waals surface area contributed by atoms with E-state index < -0.39 is 0 Å². The molecule has 124 valence electrons. The Morgan fingerprint density at radius 2 is 2.00 bits per heavy atom. The minimum Gasteiger partial charge on any atom is -0.277 e. The molecule has 0 saturated heterocycles. The van der Waals surface area contributed by atoms with E-state index in [0.29, 0.717) is 10.9 Å². The summed E-state index contributed by atoms with van der Waals surface area (Å²) in [6.07, 6.45) is 5.30. The van der Waals surface area contributed by atoms with E-state index in [-0.39, 0.29) is 5.54 Å². The average Bonchev–Trinajstić information content (AvgIpc) is 2.55. The molecule has 2 heterocycles. The molecule has 0 amide bonds. The summed E-state index contributed by atoms with van der Waals surface area (Å²) < 4.78 is 0.291. The van der Waals surface area contributed by atoms with Crippen molar-refractivity contribution in [3.63, 3.8) is 0 Å². The summed E-state index contributed by atoms with van der Waals surface area (Å²) in [6.45, 7) is 6.24. The number of fused-ring (bicyclic) bond motifs is 1. The van der Waals surface area contributed by atoms with Crippen LogP contribution in [0, 0.1) is 13.8 Å². The summed E-state index contributed by atoms with van der Waals surface area (Å²) in [7, 11) is 0. The minimum atomic E-state index is -0.266. The van der Waals surface area contributed by atoms with E-state index in [0.717, 1.165) is 23.4 Å². The molecule has 1 aliphatic heterocycles. The fourth-order valence-electron chi connectivity index (χ4n) is 3.09. The van der Waals surface area contributed by atoms with Gasteiger partial charge in [-0.2, -0.15) is 0 Å². The smallest absolute Gasteiger partial charge is 0.102 e. The Bertz CT molecular complexity index is 835. The number of nitrogens with zero attached hydrogens (tertiary/aromatic N) is 2. The number of pyridine rings is 1. The number of rotatable bonds is 3. The first-order valence-electron chi connectivity index (χ1n) is 8.01. The molecule has 0 saturated carbocycles. The van der Waals surface area contributed by atoms with Crippen molar-refractivity contribution in [3.05, 3.63) is 75.0 Å². The molecule has 0 bridgehead atoms. The Balaban J connectivity index is 2.13. The number of hydrogen-bond acceptors (Lipinski definition) is 2. The Morgan fingerprint density at radius 3 is 2.71 bits per heavy atom. The normalized spacial score (nSPS) is 19.5. The molecule has 1 atom stereocenters. The van der Waals surface area contributed by atoms with Gasteiger partial charge < -0.3 is 0 Å². The molecule has 0 aliphatic carbocycles. The van der Waals surface area contributed by atoms with Crippen molar-refractivity contribution in [1.82, 2.24) is 4.98 Å². The van der Waals surface area contributed by atoms with Crippen molar-refractivity contribution in [2.24, 2.45) is 4.99 Å². The SMILES string of the molecule is Cc1cc(C2=NC(C)(CC=C(Cl)Cl)Cc3ccccc32)cnc1C. The number of halogens is 2. The Hall–Kier alpha value is -1.64. The molecule has 1 aromatic heterocycles. The van der Waals surface area contributed by atoms with E-state index in [1.165, 1.54) is 16.7 Å². The standard InChI is InChI=1S/C20H20Cl2N2/c1-13-10-16(12-23-14(13)2)19-17-7-5-4-6-15(17)11-20(3,24-19)9-8-18(21)22/h4-8,10,12H,9,11H2,1-3H3. The molecule has 4 heteroatoms. The van der Waals surface area contributed by atoms with Gasteiger partial charge in [0, 0.05) is 23.0 Å². The third-order valence-electron chi connectivity index (χ3n) is 4.54. The van der Waals surface area contributed by atoms with E-state index in [1.807, 2.05) is 19.2 Å². The van der Waals surface area contributed by atoms with Crippen LogP contribution in [0.2, 0.25) is 0 Å². The molecule has 2 aromatic rings. The van der Waals surface area contributed by atoms with Crippen LogP contribution in [0.15, 0.2) is 52.1 Å².